The summed E-state index contributed by atoms with van der Waals surface area (Å²) in [5, 5.41) is 5.07. The van der Waals surface area contributed by atoms with Crippen LogP contribution in [0.2, 0.25) is 5.02 Å². The largest absolute Gasteiger partial charge is 0.352 e. The lowest BCUT2D eigenvalue weighted by Crippen LogP contribution is -2.40. The van der Waals surface area contributed by atoms with Crippen LogP contribution in [0.15, 0.2) is 78.9 Å². The van der Waals surface area contributed by atoms with Gasteiger partial charge in [-0.1, -0.05) is 72.3 Å². The highest BCUT2D eigenvalue weighted by Crippen LogP contribution is 2.26. The van der Waals surface area contributed by atoms with Crippen LogP contribution in [0.1, 0.15) is 35.2 Å². The molecule has 0 spiro atoms. The van der Waals surface area contributed by atoms with Crippen molar-refractivity contribution in [3.8, 4) is 0 Å². The first-order valence-electron chi connectivity index (χ1n) is 12.4. The Morgan fingerprint density at radius 2 is 1.60 bits per heavy atom. The van der Waals surface area contributed by atoms with Gasteiger partial charge >= 0.3 is 0 Å². The van der Waals surface area contributed by atoms with Crippen molar-refractivity contribution in [2.75, 3.05) is 13.1 Å². The first-order valence-corrected chi connectivity index (χ1v) is 12.8. The topological polar surface area (TPSA) is 37.3 Å². The minimum atomic E-state index is 0.0616. The van der Waals surface area contributed by atoms with Gasteiger partial charge in [-0.15, -0.1) is 0 Å². The molecule has 0 unspecified atom stereocenters. The lowest BCUT2D eigenvalue weighted by molar-refractivity contribution is -0.126. The van der Waals surface area contributed by atoms with Crippen LogP contribution in [-0.4, -0.2) is 28.5 Å². The number of carbonyl (C=O) groups excluding carboxylic acids is 1. The van der Waals surface area contributed by atoms with Crippen molar-refractivity contribution in [1.82, 2.24) is 14.8 Å². The Bertz CT molecular complexity index is 1320. The lowest BCUT2D eigenvalue weighted by atomic mass is 9.95. The molecule has 0 atom stereocenters. The summed E-state index contributed by atoms with van der Waals surface area (Å²) in [6.45, 7) is 6.29. The van der Waals surface area contributed by atoms with E-state index in [-0.39, 0.29) is 11.8 Å². The minimum Gasteiger partial charge on any atom is -0.352 e. The Kier molecular flexibility index (Phi) is 7.21. The highest BCUT2D eigenvalue weighted by Gasteiger charge is 2.25. The molecule has 1 N–H and O–H groups in total. The standard InChI is InChI=1S/C30H32ClN3O/c1-22-8-2-3-11-26(22)20-34-27(18-24-9-5-7-13-29(24)34)21-33-16-14-23(15-17-33)30(35)32-19-25-10-4-6-12-28(25)31/h2-13,18,23H,14-17,19-21H2,1H3,(H,32,35). The van der Waals surface area contributed by atoms with Crippen LogP contribution in [0.25, 0.3) is 10.9 Å². The van der Waals surface area contributed by atoms with Crippen molar-refractivity contribution in [2.24, 2.45) is 5.92 Å². The molecule has 1 aliphatic rings. The summed E-state index contributed by atoms with van der Waals surface area (Å²) in [5.41, 5.74) is 6.24. The van der Waals surface area contributed by atoms with Gasteiger partial charge in [0.15, 0.2) is 0 Å². The maximum atomic E-state index is 12.8. The second kappa shape index (κ2) is 10.7. The maximum Gasteiger partial charge on any atom is 0.223 e. The predicted molar refractivity (Wildman–Crippen MR) is 144 cm³/mol. The van der Waals surface area contributed by atoms with Gasteiger partial charge in [0.1, 0.15) is 0 Å². The number of para-hydroxylation sites is 1. The number of rotatable bonds is 7. The zero-order chi connectivity index (χ0) is 24.2. The number of carbonyl (C=O) groups is 1. The van der Waals surface area contributed by atoms with Crippen molar-refractivity contribution < 1.29 is 4.79 Å². The average Bonchev–Trinajstić information content (AvgIpc) is 3.22. The third kappa shape index (κ3) is 5.44. The van der Waals surface area contributed by atoms with Crippen LogP contribution >= 0.6 is 11.6 Å². The summed E-state index contributed by atoms with van der Waals surface area (Å²) in [4.78, 5) is 15.3. The number of aromatic nitrogens is 1. The summed E-state index contributed by atoms with van der Waals surface area (Å²) >= 11 is 6.23. The minimum absolute atomic E-state index is 0.0616. The van der Waals surface area contributed by atoms with E-state index in [4.69, 9.17) is 11.6 Å². The second-order valence-electron chi connectivity index (χ2n) is 9.57. The molecule has 2 heterocycles. The van der Waals surface area contributed by atoms with Gasteiger partial charge in [0, 0.05) is 41.8 Å². The number of nitrogens with zero attached hydrogens (tertiary/aromatic N) is 2. The quantitative estimate of drug-likeness (QED) is 0.339. The fourth-order valence-corrected chi connectivity index (χ4v) is 5.30. The number of likely N-dealkylation sites (tertiary alicyclic amines) is 1. The number of piperidine rings is 1. The van der Waals surface area contributed by atoms with Crippen LogP contribution < -0.4 is 5.32 Å². The highest BCUT2D eigenvalue weighted by molar-refractivity contribution is 6.31. The van der Waals surface area contributed by atoms with E-state index >= 15 is 0 Å². The van der Waals surface area contributed by atoms with Gasteiger partial charge in [-0.25, -0.2) is 0 Å². The van der Waals surface area contributed by atoms with Crippen LogP contribution in [0.4, 0.5) is 0 Å². The van der Waals surface area contributed by atoms with Crippen molar-refractivity contribution in [1.29, 1.82) is 0 Å². The number of benzene rings is 3. The van der Waals surface area contributed by atoms with Gasteiger partial charge in [0.25, 0.3) is 0 Å². The van der Waals surface area contributed by atoms with Crippen molar-refractivity contribution in [3.05, 3.63) is 106 Å². The molecule has 1 aromatic heterocycles. The highest BCUT2D eigenvalue weighted by atomic mass is 35.5. The van der Waals surface area contributed by atoms with E-state index in [2.05, 4.69) is 76.3 Å². The molecule has 1 aliphatic heterocycles. The molecule has 1 fully saturated rings. The molecule has 180 valence electrons. The molecule has 0 bridgehead atoms. The molecule has 1 amide bonds. The number of amides is 1. The van der Waals surface area contributed by atoms with Gasteiger partial charge in [0.2, 0.25) is 5.91 Å². The van der Waals surface area contributed by atoms with Crippen molar-refractivity contribution >= 4 is 28.4 Å². The van der Waals surface area contributed by atoms with E-state index in [1.807, 2.05) is 24.3 Å². The second-order valence-corrected chi connectivity index (χ2v) is 9.97. The first kappa shape index (κ1) is 23.7. The molecule has 4 nitrogen and oxygen atoms in total. The van der Waals surface area contributed by atoms with E-state index in [1.54, 1.807) is 0 Å². The third-order valence-corrected chi connectivity index (χ3v) is 7.61. The number of hydrogen-bond donors (Lipinski definition) is 1. The summed E-state index contributed by atoms with van der Waals surface area (Å²) in [6.07, 6.45) is 1.76. The summed E-state index contributed by atoms with van der Waals surface area (Å²) in [5.74, 6) is 0.199. The molecule has 3 aromatic carbocycles. The summed E-state index contributed by atoms with van der Waals surface area (Å²) in [7, 11) is 0. The average molecular weight is 486 g/mol. The third-order valence-electron chi connectivity index (χ3n) is 7.24. The number of aryl methyl sites for hydroxylation is 1. The smallest absolute Gasteiger partial charge is 0.223 e. The van der Waals surface area contributed by atoms with Crippen LogP contribution in [0.5, 0.6) is 0 Å². The fourth-order valence-electron chi connectivity index (χ4n) is 5.09. The Hall–Kier alpha value is -3.08. The Labute approximate surface area is 212 Å². The SMILES string of the molecule is Cc1ccccc1Cn1c(CN2CCC(C(=O)NCc3ccccc3Cl)CC2)cc2ccccc21. The molecule has 5 heteroatoms. The number of hydrogen-bond acceptors (Lipinski definition) is 2. The zero-order valence-corrected chi connectivity index (χ0v) is 21.0. The van der Waals surface area contributed by atoms with Gasteiger partial charge in [-0.05, 0) is 73.1 Å². The lowest BCUT2D eigenvalue weighted by Gasteiger charge is -2.31. The van der Waals surface area contributed by atoms with E-state index in [0.717, 1.165) is 44.6 Å². The zero-order valence-electron chi connectivity index (χ0n) is 20.2. The number of nitrogens with one attached hydrogen (secondary N) is 1. The molecule has 5 rings (SSSR count). The van der Waals surface area contributed by atoms with Crippen LogP contribution in [0, 0.1) is 12.8 Å². The summed E-state index contributed by atoms with van der Waals surface area (Å²) in [6, 6.07) is 27.3. The number of fused-ring (bicyclic) bond motifs is 1. The molecule has 0 aliphatic carbocycles. The summed E-state index contributed by atoms with van der Waals surface area (Å²) < 4.78 is 2.46. The van der Waals surface area contributed by atoms with E-state index in [9.17, 15) is 4.79 Å². The predicted octanol–water partition coefficient (Wildman–Crippen LogP) is 6.18. The first-order chi connectivity index (χ1) is 17.1. The monoisotopic (exact) mass is 485 g/mol. The van der Waals surface area contributed by atoms with Gasteiger partial charge < -0.3 is 9.88 Å². The molecule has 1 saturated heterocycles. The molecule has 0 saturated carbocycles. The van der Waals surface area contributed by atoms with E-state index in [0.29, 0.717) is 11.6 Å². The van der Waals surface area contributed by atoms with Crippen LogP contribution in [0.3, 0.4) is 0 Å². The fraction of sp³-hybridized carbons (Fsp3) is 0.300. The van der Waals surface area contributed by atoms with Crippen molar-refractivity contribution in [3.63, 3.8) is 0 Å². The van der Waals surface area contributed by atoms with Gasteiger partial charge in [-0.2, -0.15) is 0 Å². The van der Waals surface area contributed by atoms with Crippen molar-refractivity contribution in [2.45, 2.75) is 39.4 Å². The van der Waals surface area contributed by atoms with E-state index in [1.165, 1.54) is 27.7 Å². The van der Waals surface area contributed by atoms with Gasteiger partial charge in [-0.3, -0.25) is 9.69 Å². The van der Waals surface area contributed by atoms with Gasteiger partial charge in [0.05, 0.1) is 0 Å². The Balaban J connectivity index is 1.23. The Morgan fingerprint density at radius 3 is 2.37 bits per heavy atom. The van der Waals surface area contributed by atoms with Crippen LogP contribution in [-0.2, 0) is 24.4 Å². The molecule has 35 heavy (non-hydrogen) atoms. The normalized spacial score (nSPS) is 14.9. The maximum absolute atomic E-state index is 12.8. The Morgan fingerprint density at radius 1 is 0.914 bits per heavy atom. The number of halogens is 1. The molecular formula is C30H32ClN3O. The molecule has 0 radical (unpaired) electrons. The molecular weight excluding hydrogens is 454 g/mol. The molecule has 4 aromatic rings. The van der Waals surface area contributed by atoms with E-state index < -0.39 is 0 Å².